The average molecular weight is 464 g/mol. The molecule has 9 heteroatoms. The number of benzene rings is 2. The van der Waals surface area contributed by atoms with Crippen LogP contribution in [0.15, 0.2) is 45.6 Å². The van der Waals surface area contributed by atoms with Gasteiger partial charge in [-0.2, -0.15) is 0 Å². The van der Waals surface area contributed by atoms with Crippen LogP contribution in [0.3, 0.4) is 0 Å². The Hall–Kier alpha value is -2.97. The summed E-state index contributed by atoms with van der Waals surface area (Å²) in [5, 5.41) is 0.324. The Morgan fingerprint density at radius 1 is 1.12 bits per heavy atom. The Balaban J connectivity index is 1.68. The van der Waals surface area contributed by atoms with Gasteiger partial charge in [-0.15, -0.1) is 0 Å². The molecule has 1 aliphatic rings. The first-order chi connectivity index (χ1) is 15.3. The molecule has 2 heterocycles. The number of nitrogens with zero attached hydrogens (tertiary/aromatic N) is 1. The standard InChI is InChI=1S/C23H20ClF2NO5/c1-13(23(29)27-5-2-7-30-8-6-27)31-21-12-20-17(10-19(21)26)16(11-22(28)32-20)15-4-3-14(25)9-18(15)24/h3-4,9-13H,2,5-8H2,1H3/t13-/m1/s1. The lowest BCUT2D eigenvalue weighted by Gasteiger charge is -2.24. The zero-order valence-electron chi connectivity index (χ0n) is 17.2. The number of rotatable bonds is 4. The van der Waals surface area contributed by atoms with Crippen LogP contribution in [-0.2, 0) is 9.53 Å². The van der Waals surface area contributed by atoms with E-state index in [2.05, 4.69) is 0 Å². The largest absolute Gasteiger partial charge is 0.478 e. The lowest BCUT2D eigenvalue weighted by Crippen LogP contribution is -2.41. The fourth-order valence-corrected chi connectivity index (χ4v) is 3.92. The molecule has 3 aromatic rings. The summed E-state index contributed by atoms with van der Waals surface area (Å²) in [6.45, 7) is 3.51. The molecule has 168 valence electrons. The van der Waals surface area contributed by atoms with Crippen molar-refractivity contribution in [2.24, 2.45) is 0 Å². The van der Waals surface area contributed by atoms with Gasteiger partial charge in [0.2, 0.25) is 0 Å². The molecule has 1 amide bonds. The number of carbonyl (C=O) groups excluding carboxylic acids is 1. The lowest BCUT2D eigenvalue weighted by atomic mass is 10.0. The van der Waals surface area contributed by atoms with Crippen molar-refractivity contribution in [1.82, 2.24) is 4.90 Å². The van der Waals surface area contributed by atoms with Crippen LogP contribution in [0.4, 0.5) is 8.78 Å². The predicted octanol–water partition coefficient (Wildman–Crippen LogP) is 4.41. The van der Waals surface area contributed by atoms with Crippen molar-refractivity contribution >= 4 is 28.5 Å². The van der Waals surface area contributed by atoms with Crippen LogP contribution in [0.5, 0.6) is 5.75 Å². The monoisotopic (exact) mass is 463 g/mol. The number of halogens is 3. The second kappa shape index (κ2) is 9.26. The van der Waals surface area contributed by atoms with E-state index in [-0.39, 0.29) is 27.6 Å². The summed E-state index contributed by atoms with van der Waals surface area (Å²) < 4.78 is 44.5. The Kier molecular flexibility index (Phi) is 6.43. The zero-order valence-corrected chi connectivity index (χ0v) is 18.0. The van der Waals surface area contributed by atoms with E-state index in [0.717, 1.165) is 18.2 Å². The van der Waals surface area contributed by atoms with Crippen molar-refractivity contribution in [1.29, 1.82) is 0 Å². The van der Waals surface area contributed by atoms with Gasteiger partial charge >= 0.3 is 5.63 Å². The second-order valence-corrected chi connectivity index (χ2v) is 7.84. The fourth-order valence-electron chi connectivity index (χ4n) is 3.65. The smallest absolute Gasteiger partial charge is 0.336 e. The maximum atomic E-state index is 14.9. The molecule has 1 saturated heterocycles. The predicted molar refractivity (Wildman–Crippen MR) is 115 cm³/mol. The van der Waals surface area contributed by atoms with Crippen LogP contribution in [-0.4, -0.2) is 43.2 Å². The maximum Gasteiger partial charge on any atom is 0.336 e. The first-order valence-corrected chi connectivity index (χ1v) is 10.5. The number of carbonyl (C=O) groups is 1. The van der Waals surface area contributed by atoms with Gasteiger partial charge in [0.1, 0.15) is 11.4 Å². The molecular formula is C23H20ClF2NO5. The highest BCUT2D eigenvalue weighted by Gasteiger charge is 2.25. The fraction of sp³-hybridized carbons (Fsp3) is 0.304. The molecule has 4 rings (SSSR count). The molecule has 0 aliphatic carbocycles. The summed E-state index contributed by atoms with van der Waals surface area (Å²) in [7, 11) is 0. The Labute approximate surface area is 187 Å². The van der Waals surface area contributed by atoms with Crippen molar-refractivity contribution in [3.8, 4) is 16.9 Å². The average Bonchev–Trinajstić information content (AvgIpc) is 3.03. The maximum absolute atomic E-state index is 14.9. The van der Waals surface area contributed by atoms with E-state index >= 15 is 0 Å². The molecule has 2 aromatic carbocycles. The van der Waals surface area contributed by atoms with Crippen LogP contribution >= 0.6 is 11.6 Å². The van der Waals surface area contributed by atoms with Gasteiger partial charge in [0, 0.05) is 48.3 Å². The van der Waals surface area contributed by atoms with Crippen molar-refractivity contribution in [3.05, 3.63) is 63.5 Å². The van der Waals surface area contributed by atoms with Gasteiger partial charge in [-0.25, -0.2) is 13.6 Å². The highest BCUT2D eigenvalue weighted by Crippen LogP contribution is 2.35. The van der Waals surface area contributed by atoms with Crippen molar-refractivity contribution < 1.29 is 27.5 Å². The quantitative estimate of drug-likeness (QED) is 0.536. The highest BCUT2D eigenvalue weighted by molar-refractivity contribution is 6.33. The minimum absolute atomic E-state index is 0.0483. The molecule has 6 nitrogen and oxygen atoms in total. The van der Waals surface area contributed by atoms with E-state index in [1.807, 2.05) is 0 Å². The van der Waals surface area contributed by atoms with E-state index < -0.39 is 23.4 Å². The van der Waals surface area contributed by atoms with E-state index in [1.54, 1.807) is 4.90 Å². The van der Waals surface area contributed by atoms with E-state index in [9.17, 15) is 18.4 Å². The van der Waals surface area contributed by atoms with Crippen LogP contribution < -0.4 is 10.4 Å². The number of amides is 1. The van der Waals surface area contributed by atoms with E-state index in [4.69, 9.17) is 25.5 Å². The summed E-state index contributed by atoms with van der Waals surface area (Å²) in [4.78, 5) is 26.4. The van der Waals surface area contributed by atoms with E-state index in [0.29, 0.717) is 43.9 Å². The molecule has 0 unspecified atom stereocenters. The molecule has 0 spiro atoms. The van der Waals surface area contributed by atoms with Crippen LogP contribution in [0, 0.1) is 11.6 Å². The molecule has 32 heavy (non-hydrogen) atoms. The van der Waals surface area contributed by atoms with E-state index in [1.165, 1.54) is 25.1 Å². The second-order valence-electron chi connectivity index (χ2n) is 7.43. The molecule has 0 radical (unpaired) electrons. The Morgan fingerprint density at radius 2 is 1.94 bits per heavy atom. The SMILES string of the molecule is C[C@@H](Oc1cc2oc(=O)cc(-c3ccc(F)cc3Cl)c2cc1F)C(=O)N1CCCOCC1. The third-order valence-electron chi connectivity index (χ3n) is 5.20. The normalized spacial score (nSPS) is 15.4. The summed E-state index contributed by atoms with van der Waals surface area (Å²) in [6, 6.07) is 7.22. The summed E-state index contributed by atoms with van der Waals surface area (Å²) in [6.07, 6.45) is -0.246. The number of fused-ring (bicyclic) bond motifs is 1. The molecule has 1 aromatic heterocycles. The van der Waals surface area contributed by atoms with Crippen molar-refractivity contribution in [3.63, 3.8) is 0 Å². The number of hydrogen-bond donors (Lipinski definition) is 0. The minimum atomic E-state index is -0.957. The van der Waals surface area contributed by atoms with Gasteiger partial charge in [-0.3, -0.25) is 4.79 Å². The van der Waals surface area contributed by atoms with Gasteiger partial charge in [0.25, 0.3) is 5.91 Å². The Morgan fingerprint density at radius 3 is 2.72 bits per heavy atom. The third kappa shape index (κ3) is 4.61. The van der Waals surface area contributed by atoms with Crippen LogP contribution in [0.25, 0.3) is 22.1 Å². The van der Waals surface area contributed by atoms with Gasteiger partial charge in [0.05, 0.1) is 11.6 Å². The third-order valence-corrected chi connectivity index (χ3v) is 5.52. The molecule has 0 saturated carbocycles. The van der Waals surface area contributed by atoms with Crippen LogP contribution in [0.1, 0.15) is 13.3 Å². The zero-order chi connectivity index (χ0) is 22.8. The first-order valence-electron chi connectivity index (χ1n) is 10.1. The van der Waals surface area contributed by atoms with Crippen molar-refractivity contribution in [2.75, 3.05) is 26.3 Å². The number of hydrogen-bond acceptors (Lipinski definition) is 5. The number of ether oxygens (including phenoxy) is 2. The van der Waals surface area contributed by atoms with Crippen LogP contribution in [0.2, 0.25) is 5.02 Å². The minimum Gasteiger partial charge on any atom is -0.478 e. The molecule has 0 N–H and O–H groups in total. The van der Waals surface area contributed by atoms with Gasteiger partial charge < -0.3 is 18.8 Å². The van der Waals surface area contributed by atoms with Gasteiger partial charge in [-0.05, 0) is 37.6 Å². The molecule has 1 aliphatic heterocycles. The summed E-state index contributed by atoms with van der Waals surface area (Å²) in [5.41, 5.74) is -0.00221. The molecule has 0 bridgehead atoms. The molecule has 1 fully saturated rings. The van der Waals surface area contributed by atoms with Crippen molar-refractivity contribution in [2.45, 2.75) is 19.4 Å². The Bertz CT molecular complexity index is 1220. The highest BCUT2D eigenvalue weighted by atomic mass is 35.5. The van der Waals surface area contributed by atoms with Gasteiger partial charge in [0.15, 0.2) is 17.7 Å². The first kappa shape index (κ1) is 22.2. The molecule has 1 atom stereocenters. The van der Waals surface area contributed by atoms with Gasteiger partial charge in [-0.1, -0.05) is 11.6 Å². The summed E-state index contributed by atoms with van der Waals surface area (Å²) >= 11 is 6.13. The molecular weight excluding hydrogens is 444 g/mol. The lowest BCUT2D eigenvalue weighted by molar-refractivity contribution is -0.138. The topological polar surface area (TPSA) is 69.0 Å². The summed E-state index contributed by atoms with van der Waals surface area (Å²) in [5.74, 6) is -1.80.